The summed E-state index contributed by atoms with van der Waals surface area (Å²) in [4.78, 5) is 10.7. The Morgan fingerprint density at radius 1 is 1.42 bits per heavy atom. The van der Waals surface area contributed by atoms with Crippen molar-refractivity contribution in [1.82, 2.24) is 15.1 Å². The first-order chi connectivity index (χ1) is 9.06. The maximum atomic E-state index is 13.4. The summed E-state index contributed by atoms with van der Waals surface area (Å²) in [5.41, 5.74) is 1.42. The molecule has 0 aliphatic rings. The first-order valence-electron chi connectivity index (χ1n) is 5.76. The lowest BCUT2D eigenvalue weighted by Crippen LogP contribution is -2.13. The lowest BCUT2D eigenvalue weighted by molar-refractivity contribution is 0.0692. The van der Waals surface area contributed by atoms with Crippen molar-refractivity contribution < 1.29 is 14.3 Å². The Morgan fingerprint density at radius 3 is 2.74 bits per heavy atom. The molecule has 0 fully saturated rings. The van der Waals surface area contributed by atoms with E-state index in [0.29, 0.717) is 18.7 Å². The molecule has 5 nitrogen and oxygen atoms in total. The summed E-state index contributed by atoms with van der Waals surface area (Å²) in [7, 11) is 1.84. The Kier molecular flexibility index (Phi) is 3.91. The van der Waals surface area contributed by atoms with Crippen LogP contribution in [0.25, 0.3) is 0 Å². The lowest BCUT2D eigenvalue weighted by atomic mass is 10.1. The first kappa shape index (κ1) is 13.2. The molecule has 1 aromatic carbocycles. The predicted molar refractivity (Wildman–Crippen MR) is 67.1 cm³/mol. The standard InChI is InChI=1S/C13H14FN3O2/c1-17-8-10(7-16-17)6-15-5-9-2-3-11(13(18)19)12(14)4-9/h2-4,7-8,15H,5-6H2,1H3,(H,18,19). The molecule has 2 N–H and O–H groups in total. The highest BCUT2D eigenvalue weighted by Crippen LogP contribution is 2.10. The van der Waals surface area contributed by atoms with Crippen LogP contribution in [-0.2, 0) is 20.1 Å². The van der Waals surface area contributed by atoms with Crippen LogP contribution in [0.1, 0.15) is 21.5 Å². The van der Waals surface area contributed by atoms with E-state index in [4.69, 9.17) is 5.11 Å². The minimum atomic E-state index is -1.26. The van der Waals surface area contributed by atoms with E-state index in [-0.39, 0.29) is 5.56 Å². The quantitative estimate of drug-likeness (QED) is 0.858. The number of nitrogens with zero attached hydrogens (tertiary/aromatic N) is 2. The van der Waals surface area contributed by atoms with Gasteiger partial charge in [-0.25, -0.2) is 9.18 Å². The van der Waals surface area contributed by atoms with Gasteiger partial charge in [0.05, 0.1) is 11.8 Å². The van der Waals surface area contributed by atoms with Gasteiger partial charge in [0.25, 0.3) is 0 Å². The van der Waals surface area contributed by atoms with Crippen molar-refractivity contribution >= 4 is 5.97 Å². The Bertz CT molecular complexity index is 595. The number of hydrogen-bond donors (Lipinski definition) is 2. The van der Waals surface area contributed by atoms with Crippen molar-refractivity contribution in [1.29, 1.82) is 0 Å². The van der Waals surface area contributed by atoms with Gasteiger partial charge in [-0.1, -0.05) is 6.07 Å². The van der Waals surface area contributed by atoms with E-state index in [1.165, 1.54) is 12.1 Å². The smallest absolute Gasteiger partial charge is 0.338 e. The van der Waals surface area contributed by atoms with Crippen molar-refractivity contribution in [3.8, 4) is 0 Å². The summed E-state index contributed by atoms with van der Waals surface area (Å²) in [5.74, 6) is -1.97. The van der Waals surface area contributed by atoms with Crippen LogP contribution in [0.4, 0.5) is 4.39 Å². The summed E-state index contributed by atoms with van der Waals surface area (Å²) in [5, 5.41) is 15.9. The number of carboxylic acids is 1. The molecule has 0 aliphatic carbocycles. The Labute approximate surface area is 109 Å². The molecule has 100 valence electrons. The molecule has 0 bridgehead atoms. The highest BCUT2D eigenvalue weighted by atomic mass is 19.1. The van der Waals surface area contributed by atoms with Crippen LogP contribution in [0.15, 0.2) is 30.6 Å². The van der Waals surface area contributed by atoms with Crippen LogP contribution in [0.2, 0.25) is 0 Å². The van der Waals surface area contributed by atoms with Gasteiger partial charge in [-0.2, -0.15) is 5.10 Å². The molecular weight excluding hydrogens is 249 g/mol. The van der Waals surface area contributed by atoms with Crippen molar-refractivity contribution in [3.05, 3.63) is 53.1 Å². The summed E-state index contributed by atoms with van der Waals surface area (Å²) < 4.78 is 15.1. The zero-order valence-corrected chi connectivity index (χ0v) is 10.4. The molecule has 1 heterocycles. The van der Waals surface area contributed by atoms with E-state index in [0.717, 1.165) is 5.56 Å². The minimum Gasteiger partial charge on any atom is -0.478 e. The summed E-state index contributed by atoms with van der Waals surface area (Å²) >= 11 is 0. The number of hydrogen-bond acceptors (Lipinski definition) is 3. The van der Waals surface area contributed by atoms with Gasteiger partial charge in [-0.15, -0.1) is 0 Å². The third kappa shape index (κ3) is 3.38. The Balaban J connectivity index is 1.93. The number of carboxylic acid groups (broad SMARTS) is 1. The summed E-state index contributed by atoms with van der Waals surface area (Å²) in [6, 6.07) is 4.11. The highest BCUT2D eigenvalue weighted by molar-refractivity contribution is 5.87. The van der Waals surface area contributed by atoms with E-state index < -0.39 is 11.8 Å². The molecule has 0 radical (unpaired) electrons. The average molecular weight is 263 g/mol. The van der Waals surface area contributed by atoms with Crippen LogP contribution in [0, 0.1) is 5.82 Å². The van der Waals surface area contributed by atoms with Crippen molar-refractivity contribution in [2.75, 3.05) is 0 Å². The molecule has 0 spiro atoms. The average Bonchev–Trinajstić information content (AvgIpc) is 2.75. The number of rotatable bonds is 5. The number of nitrogens with one attached hydrogen (secondary N) is 1. The summed E-state index contributed by atoms with van der Waals surface area (Å²) in [6.07, 6.45) is 3.64. The fourth-order valence-electron chi connectivity index (χ4n) is 1.76. The molecule has 0 saturated heterocycles. The molecule has 0 unspecified atom stereocenters. The maximum absolute atomic E-state index is 13.4. The Morgan fingerprint density at radius 2 is 2.16 bits per heavy atom. The molecule has 0 atom stereocenters. The van der Waals surface area contributed by atoms with Gasteiger partial charge in [-0.05, 0) is 17.7 Å². The summed E-state index contributed by atoms with van der Waals surface area (Å²) in [6.45, 7) is 1.09. The second-order valence-electron chi connectivity index (χ2n) is 4.25. The van der Waals surface area contributed by atoms with Crippen LogP contribution in [0.5, 0.6) is 0 Å². The van der Waals surface area contributed by atoms with Crippen LogP contribution < -0.4 is 5.32 Å². The normalized spacial score (nSPS) is 10.6. The maximum Gasteiger partial charge on any atom is 0.338 e. The van der Waals surface area contributed by atoms with Crippen LogP contribution in [0.3, 0.4) is 0 Å². The van der Waals surface area contributed by atoms with Crippen LogP contribution in [-0.4, -0.2) is 20.9 Å². The molecule has 0 saturated carbocycles. The fourth-order valence-corrected chi connectivity index (χ4v) is 1.76. The second kappa shape index (κ2) is 5.62. The second-order valence-corrected chi connectivity index (χ2v) is 4.25. The van der Waals surface area contributed by atoms with Crippen molar-refractivity contribution in [3.63, 3.8) is 0 Å². The zero-order valence-electron chi connectivity index (χ0n) is 10.4. The fraction of sp³-hybridized carbons (Fsp3) is 0.231. The van der Waals surface area contributed by atoms with Gasteiger partial charge in [0, 0.05) is 31.9 Å². The molecule has 2 aromatic rings. The number of aromatic carboxylic acids is 1. The van der Waals surface area contributed by atoms with Gasteiger partial charge < -0.3 is 10.4 Å². The van der Waals surface area contributed by atoms with E-state index in [1.54, 1.807) is 16.9 Å². The minimum absolute atomic E-state index is 0.309. The van der Waals surface area contributed by atoms with E-state index >= 15 is 0 Å². The van der Waals surface area contributed by atoms with E-state index in [1.807, 2.05) is 13.2 Å². The monoisotopic (exact) mass is 263 g/mol. The predicted octanol–water partition coefficient (Wildman–Crippen LogP) is 1.55. The molecule has 1 aromatic heterocycles. The zero-order chi connectivity index (χ0) is 13.8. The van der Waals surface area contributed by atoms with Gasteiger partial charge in [0.2, 0.25) is 0 Å². The topological polar surface area (TPSA) is 67.2 Å². The van der Waals surface area contributed by atoms with E-state index in [2.05, 4.69) is 10.4 Å². The van der Waals surface area contributed by atoms with Gasteiger partial charge in [0.15, 0.2) is 0 Å². The number of carbonyl (C=O) groups is 1. The van der Waals surface area contributed by atoms with Crippen molar-refractivity contribution in [2.24, 2.45) is 7.05 Å². The third-order valence-electron chi connectivity index (χ3n) is 2.68. The molecule has 0 amide bonds. The van der Waals surface area contributed by atoms with Gasteiger partial charge >= 0.3 is 5.97 Å². The number of halogens is 1. The van der Waals surface area contributed by atoms with Crippen molar-refractivity contribution in [2.45, 2.75) is 13.1 Å². The van der Waals surface area contributed by atoms with Gasteiger partial charge in [-0.3, -0.25) is 4.68 Å². The largest absolute Gasteiger partial charge is 0.478 e. The number of benzene rings is 1. The molecule has 6 heteroatoms. The first-order valence-corrected chi connectivity index (χ1v) is 5.76. The Hall–Kier alpha value is -2.21. The number of aromatic nitrogens is 2. The highest BCUT2D eigenvalue weighted by Gasteiger charge is 2.10. The lowest BCUT2D eigenvalue weighted by Gasteiger charge is -2.05. The number of aryl methyl sites for hydroxylation is 1. The van der Waals surface area contributed by atoms with Crippen LogP contribution >= 0.6 is 0 Å². The van der Waals surface area contributed by atoms with E-state index in [9.17, 15) is 9.18 Å². The molecule has 0 aliphatic heterocycles. The SMILES string of the molecule is Cn1cc(CNCc2ccc(C(=O)O)c(F)c2)cn1. The molecule has 19 heavy (non-hydrogen) atoms. The molecular formula is C13H14FN3O2. The van der Waals surface area contributed by atoms with Gasteiger partial charge in [0.1, 0.15) is 5.82 Å². The molecule has 2 rings (SSSR count). The third-order valence-corrected chi connectivity index (χ3v) is 2.68.